The van der Waals surface area contributed by atoms with Gasteiger partial charge >= 0.3 is 0 Å². The van der Waals surface area contributed by atoms with Gasteiger partial charge in [0.15, 0.2) is 5.78 Å². The molecule has 0 spiro atoms. The molecular weight excluding hydrogens is 250 g/mol. The first-order chi connectivity index (χ1) is 9.76. The van der Waals surface area contributed by atoms with E-state index in [1.165, 1.54) is 0 Å². The highest BCUT2D eigenvalue weighted by Crippen LogP contribution is 2.28. The van der Waals surface area contributed by atoms with Crippen molar-refractivity contribution in [2.75, 3.05) is 0 Å². The van der Waals surface area contributed by atoms with Crippen molar-refractivity contribution >= 4 is 5.78 Å². The number of carbonyl (C=O) groups excluding carboxylic acids is 1. The molecule has 20 heavy (non-hydrogen) atoms. The molecule has 0 atom stereocenters. The second-order valence-electron chi connectivity index (χ2n) is 4.83. The van der Waals surface area contributed by atoms with Gasteiger partial charge in [-0.2, -0.15) is 5.26 Å². The molecule has 0 fully saturated rings. The average Bonchev–Trinajstić information content (AvgIpc) is 2.48. The topological polar surface area (TPSA) is 50.1 Å². The van der Waals surface area contributed by atoms with Gasteiger partial charge in [-0.1, -0.05) is 0 Å². The van der Waals surface area contributed by atoms with Gasteiger partial charge in [0.2, 0.25) is 0 Å². The van der Waals surface area contributed by atoms with Gasteiger partial charge < -0.3 is 4.74 Å². The van der Waals surface area contributed by atoms with E-state index in [4.69, 9.17) is 10.00 Å². The Labute approximate surface area is 117 Å². The van der Waals surface area contributed by atoms with E-state index in [0.717, 1.165) is 29.7 Å². The Bertz CT molecular complexity index is 696. The summed E-state index contributed by atoms with van der Waals surface area (Å²) in [6.07, 6.45) is 2.47. The van der Waals surface area contributed by atoms with Crippen LogP contribution in [0.4, 0.5) is 0 Å². The highest BCUT2D eigenvalue weighted by molar-refractivity contribution is 5.98. The van der Waals surface area contributed by atoms with Crippen LogP contribution >= 0.6 is 0 Å². The van der Waals surface area contributed by atoms with Gasteiger partial charge in [-0.15, -0.1) is 0 Å². The molecule has 3 heteroatoms. The number of benzene rings is 2. The molecule has 2 aromatic carbocycles. The van der Waals surface area contributed by atoms with Crippen LogP contribution in [0.15, 0.2) is 42.5 Å². The molecule has 0 saturated heterocycles. The normalized spacial score (nSPS) is 13.4. The molecule has 98 valence electrons. The van der Waals surface area contributed by atoms with Crippen LogP contribution in [0.1, 0.15) is 34.3 Å². The molecule has 0 heterocycles. The third-order valence-corrected chi connectivity index (χ3v) is 3.45. The molecule has 0 N–H and O–H groups in total. The van der Waals surface area contributed by atoms with Crippen molar-refractivity contribution in [2.45, 2.75) is 19.3 Å². The molecule has 0 unspecified atom stereocenters. The van der Waals surface area contributed by atoms with E-state index in [1.807, 2.05) is 18.2 Å². The van der Waals surface area contributed by atoms with Crippen molar-refractivity contribution in [3.05, 3.63) is 59.2 Å². The number of carbonyl (C=O) groups is 1. The van der Waals surface area contributed by atoms with Gasteiger partial charge in [-0.3, -0.25) is 4.79 Å². The molecule has 0 amide bonds. The van der Waals surface area contributed by atoms with Crippen LogP contribution in [-0.2, 0) is 6.42 Å². The maximum absolute atomic E-state index is 11.8. The Morgan fingerprint density at radius 1 is 1.00 bits per heavy atom. The van der Waals surface area contributed by atoms with Crippen molar-refractivity contribution in [1.29, 1.82) is 5.26 Å². The number of nitriles is 1. The van der Waals surface area contributed by atoms with E-state index >= 15 is 0 Å². The molecule has 3 rings (SSSR count). The summed E-state index contributed by atoms with van der Waals surface area (Å²) in [5.74, 6) is 1.63. The van der Waals surface area contributed by atoms with Gasteiger partial charge in [-0.25, -0.2) is 0 Å². The summed E-state index contributed by atoms with van der Waals surface area (Å²) in [5, 5.41) is 8.75. The first-order valence-corrected chi connectivity index (χ1v) is 6.60. The number of ketones is 1. The summed E-state index contributed by atoms with van der Waals surface area (Å²) >= 11 is 0. The third kappa shape index (κ3) is 2.41. The highest BCUT2D eigenvalue weighted by atomic mass is 16.5. The summed E-state index contributed by atoms with van der Waals surface area (Å²) in [4.78, 5) is 11.8. The minimum Gasteiger partial charge on any atom is -0.457 e. The zero-order chi connectivity index (χ0) is 13.9. The molecule has 1 aliphatic rings. The number of hydrogen-bond donors (Lipinski definition) is 0. The van der Waals surface area contributed by atoms with Crippen LogP contribution in [0.2, 0.25) is 0 Å². The first-order valence-electron chi connectivity index (χ1n) is 6.60. The second-order valence-corrected chi connectivity index (χ2v) is 4.83. The largest absolute Gasteiger partial charge is 0.457 e. The van der Waals surface area contributed by atoms with Crippen LogP contribution in [0.5, 0.6) is 11.5 Å². The van der Waals surface area contributed by atoms with E-state index in [-0.39, 0.29) is 5.78 Å². The summed E-state index contributed by atoms with van der Waals surface area (Å²) in [6, 6.07) is 14.6. The minimum absolute atomic E-state index is 0.219. The fourth-order valence-corrected chi connectivity index (χ4v) is 2.42. The van der Waals surface area contributed by atoms with Gasteiger partial charge in [0.05, 0.1) is 11.6 Å². The Kier molecular flexibility index (Phi) is 3.22. The van der Waals surface area contributed by atoms with Crippen molar-refractivity contribution in [3.8, 4) is 17.6 Å². The van der Waals surface area contributed by atoms with E-state index in [2.05, 4.69) is 6.07 Å². The van der Waals surface area contributed by atoms with Crippen molar-refractivity contribution in [1.82, 2.24) is 0 Å². The van der Waals surface area contributed by atoms with Gasteiger partial charge in [0, 0.05) is 12.0 Å². The zero-order valence-electron chi connectivity index (χ0n) is 10.9. The number of fused-ring (bicyclic) bond motifs is 1. The molecular formula is C17H13NO2. The number of aryl methyl sites for hydroxylation is 1. The van der Waals surface area contributed by atoms with Crippen molar-refractivity contribution in [3.63, 3.8) is 0 Å². The molecule has 0 aliphatic heterocycles. The lowest BCUT2D eigenvalue weighted by Crippen LogP contribution is -2.10. The number of nitrogens with zero attached hydrogens (tertiary/aromatic N) is 1. The Morgan fingerprint density at radius 2 is 1.75 bits per heavy atom. The molecule has 3 nitrogen and oxygen atoms in total. The summed E-state index contributed by atoms with van der Waals surface area (Å²) in [7, 11) is 0. The average molecular weight is 263 g/mol. The first kappa shape index (κ1) is 12.4. The standard InChI is InChI=1S/C17H13NO2/c18-11-12-4-6-14(7-5-12)20-15-8-9-16-13(10-15)2-1-3-17(16)19/h4-10H,1-3H2. The van der Waals surface area contributed by atoms with Crippen LogP contribution in [-0.4, -0.2) is 5.78 Å². The monoisotopic (exact) mass is 263 g/mol. The summed E-state index contributed by atoms with van der Waals surface area (Å²) in [5.41, 5.74) is 2.49. The van der Waals surface area contributed by atoms with Crippen LogP contribution in [0.25, 0.3) is 0 Å². The molecule has 0 aromatic heterocycles. The fourth-order valence-electron chi connectivity index (χ4n) is 2.42. The van der Waals surface area contributed by atoms with Gasteiger partial charge in [-0.05, 0) is 60.9 Å². The van der Waals surface area contributed by atoms with Gasteiger partial charge in [0.25, 0.3) is 0 Å². The molecule has 2 aromatic rings. The van der Waals surface area contributed by atoms with Crippen LogP contribution in [0, 0.1) is 11.3 Å². The number of hydrogen-bond acceptors (Lipinski definition) is 3. The second kappa shape index (κ2) is 5.18. The quantitative estimate of drug-likeness (QED) is 0.826. The lowest BCUT2D eigenvalue weighted by atomic mass is 9.90. The predicted octanol–water partition coefficient (Wildman–Crippen LogP) is 3.87. The highest BCUT2D eigenvalue weighted by Gasteiger charge is 2.17. The molecule has 0 radical (unpaired) electrons. The minimum atomic E-state index is 0.219. The molecule has 0 saturated carbocycles. The zero-order valence-corrected chi connectivity index (χ0v) is 10.9. The Morgan fingerprint density at radius 3 is 2.50 bits per heavy atom. The van der Waals surface area contributed by atoms with Gasteiger partial charge in [0.1, 0.15) is 11.5 Å². The van der Waals surface area contributed by atoms with Crippen molar-refractivity contribution < 1.29 is 9.53 Å². The van der Waals surface area contributed by atoms with Crippen LogP contribution in [0.3, 0.4) is 0 Å². The van der Waals surface area contributed by atoms with E-state index in [9.17, 15) is 4.79 Å². The van der Waals surface area contributed by atoms with Crippen LogP contribution < -0.4 is 4.74 Å². The summed E-state index contributed by atoms with van der Waals surface area (Å²) in [6.45, 7) is 0. The SMILES string of the molecule is N#Cc1ccc(Oc2ccc3c(c2)CCCC3=O)cc1. The molecule has 0 bridgehead atoms. The maximum atomic E-state index is 11.8. The number of rotatable bonds is 2. The Hall–Kier alpha value is -2.60. The molecule has 1 aliphatic carbocycles. The fraction of sp³-hybridized carbons (Fsp3) is 0.176. The lowest BCUT2D eigenvalue weighted by molar-refractivity contribution is 0.0972. The number of Topliss-reactive ketones (excluding diaryl/α,β-unsaturated/α-hetero) is 1. The maximum Gasteiger partial charge on any atom is 0.163 e. The predicted molar refractivity (Wildman–Crippen MR) is 74.9 cm³/mol. The smallest absolute Gasteiger partial charge is 0.163 e. The van der Waals surface area contributed by atoms with E-state index in [1.54, 1.807) is 24.3 Å². The van der Waals surface area contributed by atoms with E-state index in [0.29, 0.717) is 17.7 Å². The lowest BCUT2D eigenvalue weighted by Gasteiger charge is -2.15. The van der Waals surface area contributed by atoms with E-state index < -0.39 is 0 Å². The summed E-state index contributed by atoms with van der Waals surface area (Å²) < 4.78 is 5.76. The van der Waals surface area contributed by atoms with Crippen molar-refractivity contribution in [2.24, 2.45) is 0 Å². The third-order valence-electron chi connectivity index (χ3n) is 3.45. The Balaban J connectivity index is 1.84. The number of ether oxygens (including phenoxy) is 1.